The third kappa shape index (κ3) is 4.62. The highest BCUT2D eigenvalue weighted by Crippen LogP contribution is 2.34. The number of ether oxygens (including phenoxy) is 2. The van der Waals surface area contributed by atoms with Crippen LogP contribution in [0.5, 0.6) is 5.75 Å². The van der Waals surface area contributed by atoms with E-state index in [1.807, 2.05) is 4.90 Å². The highest BCUT2D eigenvalue weighted by molar-refractivity contribution is 6.05. The molecule has 33 heavy (non-hydrogen) atoms. The molecule has 172 valence electrons. The molecule has 3 amide bonds. The molecule has 0 aliphatic carbocycles. The van der Waals surface area contributed by atoms with Gasteiger partial charge in [-0.05, 0) is 29.7 Å². The Morgan fingerprint density at radius 3 is 2.64 bits per heavy atom. The molecule has 0 spiro atoms. The summed E-state index contributed by atoms with van der Waals surface area (Å²) in [6, 6.07) is 1.84. The van der Waals surface area contributed by atoms with Crippen LogP contribution in [0.3, 0.4) is 0 Å². The second kappa shape index (κ2) is 9.33. The Kier molecular flexibility index (Phi) is 4.40. The molecule has 8 nitrogen and oxygen atoms in total. The van der Waals surface area contributed by atoms with Crippen molar-refractivity contribution in [3.63, 3.8) is 0 Å². The number of nitrogens with zero attached hydrogens (tertiary/aromatic N) is 2. The summed E-state index contributed by atoms with van der Waals surface area (Å²) < 4.78 is 62.3. The monoisotopic (exact) mass is 455 g/mol. The number of hydrogen-bond donors (Lipinski definition) is 1. The van der Waals surface area contributed by atoms with Gasteiger partial charge in [-0.1, -0.05) is 30.2 Å². The second-order valence-corrected chi connectivity index (χ2v) is 8.13. The van der Waals surface area contributed by atoms with E-state index in [0.717, 1.165) is 0 Å². The fraction of sp³-hybridized carbons (Fsp3) is 0.400. The minimum atomic E-state index is -2.78. The molecule has 0 saturated carbocycles. The van der Waals surface area contributed by atoms with Gasteiger partial charge in [-0.15, -0.1) is 0 Å². The van der Waals surface area contributed by atoms with E-state index in [4.69, 9.17) is 17.7 Å². The van der Waals surface area contributed by atoms with Gasteiger partial charge in [-0.2, -0.15) is 0 Å². The van der Waals surface area contributed by atoms with E-state index in [2.05, 4.69) is 5.32 Å². The standard InChI is InChI=1S/C25H27N3O5/c29-23-9-8-21(24(30)26-23)28-15-20-19(25(28)31)2-1-3-22(20)33-16-18-6-4-17(5-7-18)14-27-10-12-32-13-11-27/h1-7,21H,8-16H2,(H,26,29,30)/i4D,5D,6D,7D,16D2. The van der Waals surface area contributed by atoms with Gasteiger partial charge in [0.25, 0.3) is 5.91 Å². The molecule has 3 aliphatic rings. The Bertz CT molecular complexity index is 1340. The molecule has 2 fully saturated rings. The zero-order valence-corrected chi connectivity index (χ0v) is 17.9. The molecule has 1 atom stereocenters. The summed E-state index contributed by atoms with van der Waals surface area (Å²) in [7, 11) is 0. The van der Waals surface area contributed by atoms with Crippen LogP contribution in [-0.2, 0) is 34.0 Å². The van der Waals surface area contributed by atoms with Crippen molar-refractivity contribution in [2.75, 3.05) is 26.3 Å². The normalized spacial score (nSPS) is 24.2. The molecule has 3 heterocycles. The molecule has 8 heteroatoms. The molecular weight excluding hydrogens is 422 g/mol. The maximum Gasteiger partial charge on any atom is 0.255 e. The summed E-state index contributed by atoms with van der Waals surface area (Å²) in [5.41, 5.74) is 0.161. The van der Waals surface area contributed by atoms with Crippen molar-refractivity contribution in [1.82, 2.24) is 15.1 Å². The number of hydrogen-bond acceptors (Lipinski definition) is 6. The van der Waals surface area contributed by atoms with Crippen LogP contribution in [0.15, 0.2) is 42.4 Å². The van der Waals surface area contributed by atoms with Gasteiger partial charge in [-0.3, -0.25) is 24.6 Å². The Hall–Kier alpha value is -3.23. The van der Waals surface area contributed by atoms with Crippen LogP contribution in [0.2, 0.25) is 0 Å². The first-order valence-electron chi connectivity index (χ1n) is 13.8. The van der Waals surface area contributed by atoms with Gasteiger partial charge in [0.15, 0.2) is 0 Å². The Morgan fingerprint density at radius 1 is 1.12 bits per heavy atom. The summed E-state index contributed by atoms with van der Waals surface area (Å²) in [6.45, 7) is -0.494. The highest BCUT2D eigenvalue weighted by Gasteiger charge is 2.40. The average Bonchev–Trinajstić information content (AvgIpc) is 3.23. The highest BCUT2D eigenvalue weighted by atomic mass is 16.5. The Morgan fingerprint density at radius 2 is 1.88 bits per heavy atom. The van der Waals surface area contributed by atoms with Crippen LogP contribution in [0.25, 0.3) is 0 Å². The smallest absolute Gasteiger partial charge is 0.255 e. The van der Waals surface area contributed by atoms with E-state index in [-0.39, 0.29) is 54.9 Å². The Balaban J connectivity index is 1.44. The zero-order valence-electron chi connectivity index (χ0n) is 23.9. The summed E-state index contributed by atoms with van der Waals surface area (Å²) in [5, 5.41) is 2.23. The lowest BCUT2D eigenvalue weighted by Crippen LogP contribution is -2.52. The number of morpholine rings is 1. The number of fused-ring (bicyclic) bond motifs is 1. The van der Waals surface area contributed by atoms with Crippen LogP contribution >= 0.6 is 0 Å². The molecule has 2 aromatic carbocycles. The summed E-state index contributed by atoms with van der Waals surface area (Å²) in [5.74, 6) is -1.46. The first-order chi connectivity index (χ1) is 18.5. The fourth-order valence-electron chi connectivity index (χ4n) is 4.21. The van der Waals surface area contributed by atoms with Gasteiger partial charge in [0.05, 0.1) is 28.0 Å². The van der Waals surface area contributed by atoms with Crippen molar-refractivity contribution >= 4 is 17.7 Å². The van der Waals surface area contributed by atoms with Gasteiger partial charge >= 0.3 is 0 Å². The van der Waals surface area contributed by atoms with Crippen LogP contribution < -0.4 is 10.1 Å². The number of carbonyl (C=O) groups excluding carboxylic acids is 3. The fourth-order valence-corrected chi connectivity index (χ4v) is 4.21. The summed E-state index contributed by atoms with van der Waals surface area (Å²) >= 11 is 0. The maximum atomic E-state index is 13.1. The van der Waals surface area contributed by atoms with Crippen LogP contribution in [-0.4, -0.2) is 59.9 Å². The number of benzene rings is 2. The molecule has 3 aliphatic heterocycles. The predicted octanol–water partition coefficient (Wildman–Crippen LogP) is 1.86. The largest absolute Gasteiger partial charge is 0.489 e. The molecule has 1 unspecified atom stereocenters. The third-order valence-electron chi connectivity index (χ3n) is 5.96. The SMILES string of the molecule is [2H]c1c([2H])c(C([2H])([2H])Oc2cccc3c2CN(C2CCC(=O)NC2=O)C3=O)c([2H])c([2H])c1CN1CCOCC1. The molecular formula is C25H27N3O5. The van der Waals surface area contributed by atoms with Crippen molar-refractivity contribution in [3.05, 3.63) is 64.6 Å². The second-order valence-electron chi connectivity index (χ2n) is 8.13. The van der Waals surface area contributed by atoms with E-state index in [0.29, 0.717) is 31.9 Å². The van der Waals surface area contributed by atoms with Crippen molar-refractivity contribution in [1.29, 1.82) is 0 Å². The van der Waals surface area contributed by atoms with Gasteiger partial charge in [0.1, 0.15) is 18.4 Å². The minimum Gasteiger partial charge on any atom is -0.489 e. The summed E-state index contributed by atoms with van der Waals surface area (Å²) in [4.78, 5) is 40.3. The molecule has 2 aromatic rings. The zero-order chi connectivity index (χ0) is 28.1. The first kappa shape index (κ1) is 15.6. The molecule has 2 saturated heterocycles. The number of nitrogens with one attached hydrogen (secondary N) is 1. The third-order valence-corrected chi connectivity index (χ3v) is 5.96. The molecule has 5 rings (SSSR count). The van der Waals surface area contributed by atoms with Crippen molar-refractivity contribution in [3.8, 4) is 5.75 Å². The quantitative estimate of drug-likeness (QED) is 0.669. The number of imide groups is 1. The van der Waals surface area contributed by atoms with E-state index in [1.54, 1.807) is 0 Å². The van der Waals surface area contributed by atoms with Crippen molar-refractivity contribution in [2.24, 2.45) is 0 Å². The first-order valence-corrected chi connectivity index (χ1v) is 10.8. The van der Waals surface area contributed by atoms with Gasteiger partial charge in [0.2, 0.25) is 11.8 Å². The average molecular weight is 456 g/mol. The lowest BCUT2D eigenvalue weighted by atomic mass is 10.0. The van der Waals surface area contributed by atoms with Gasteiger partial charge in [0, 0.05) is 37.2 Å². The van der Waals surface area contributed by atoms with Crippen molar-refractivity contribution in [2.45, 2.75) is 38.5 Å². The molecule has 1 N–H and O–H groups in total. The number of piperidine rings is 1. The Labute approximate surface area is 200 Å². The predicted molar refractivity (Wildman–Crippen MR) is 119 cm³/mol. The van der Waals surface area contributed by atoms with Crippen molar-refractivity contribution < 1.29 is 32.1 Å². The van der Waals surface area contributed by atoms with Crippen LogP contribution in [0.4, 0.5) is 0 Å². The van der Waals surface area contributed by atoms with E-state index in [9.17, 15) is 14.4 Å². The number of rotatable bonds is 6. The topological polar surface area (TPSA) is 88.2 Å². The maximum absolute atomic E-state index is 13.1. The molecule has 0 aromatic heterocycles. The minimum absolute atomic E-state index is 0.0186. The van der Waals surface area contributed by atoms with Crippen LogP contribution in [0, 0.1) is 0 Å². The molecule has 0 radical (unpaired) electrons. The summed E-state index contributed by atoms with van der Waals surface area (Å²) in [6.07, 6.45) is 0.259. The number of carbonyl (C=O) groups is 3. The van der Waals surface area contributed by atoms with E-state index < -0.39 is 48.0 Å². The lowest BCUT2D eigenvalue weighted by molar-refractivity contribution is -0.136. The number of amides is 3. The van der Waals surface area contributed by atoms with Crippen LogP contribution in [0.1, 0.15) is 48.1 Å². The van der Waals surface area contributed by atoms with E-state index in [1.165, 1.54) is 23.1 Å². The van der Waals surface area contributed by atoms with E-state index >= 15 is 0 Å². The van der Waals surface area contributed by atoms with Gasteiger partial charge in [-0.25, -0.2) is 0 Å². The molecule has 0 bridgehead atoms. The lowest BCUT2D eigenvalue weighted by Gasteiger charge is -2.29. The van der Waals surface area contributed by atoms with Gasteiger partial charge < -0.3 is 14.4 Å².